The number of nitriles is 1. The second-order valence-corrected chi connectivity index (χ2v) is 7.00. The van der Waals surface area contributed by atoms with Gasteiger partial charge in [0.25, 0.3) is 0 Å². The summed E-state index contributed by atoms with van der Waals surface area (Å²) in [5.41, 5.74) is 7.22. The molecule has 150 valence electrons. The van der Waals surface area contributed by atoms with Crippen molar-refractivity contribution >= 4 is 17.4 Å². The van der Waals surface area contributed by atoms with Gasteiger partial charge in [-0.1, -0.05) is 18.2 Å². The molecule has 0 saturated carbocycles. The first kappa shape index (κ1) is 20.5. The van der Waals surface area contributed by atoms with Gasteiger partial charge in [0.2, 0.25) is 5.96 Å². The van der Waals surface area contributed by atoms with Crippen LogP contribution in [0.2, 0.25) is 0 Å². The Morgan fingerprint density at radius 3 is 2.45 bits per heavy atom. The first-order chi connectivity index (χ1) is 14.1. The standard InChI is InChI=1S/C22H24FN5O/c23-19-8-6-17(7-9-19)21(29)18-10-13-27(14-11-18)15-12-26-22(25)28(16-24)20-4-2-1-3-5-20/h1-9,18H,10-15H2,(H2,25,26). The zero-order valence-corrected chi connectivity index (χ0v) is 16.2. The fourth-order valence-corrected chi connectivity index (χ4v) is 3.46. The van der Waals surface area contributed by atoms with Crippen LogP contribution in [0.15, 0.2) is 59.6 Å². The average Bonchev–Trinajstić information content (AvgIpc) is 2.75. The van der Waals surface area contributed by atoms with Crippen molar-refractivity contribution < 1.29 is 9.18 Å². The fourth-order valence-electron chi connectivity index (χ4n) is 3.46. The highest BCUT2D eigenvalue weighted by Crippen LogP contribution is 2.22. The highest BCUT2D eigenvalue weighted by Gasteiger charge is 2.25. The van der Waals surface area contributed by atoms with Gasteiger partial charge in [0.1, 0.15) is 5.82 Å². The molecule has 2 aromatic carbocycles. The lowest BCUT2D eigenvalue weighted by molar-refractivity contribution is 0.0842. The Labute approximate surface area is 170 Å². The van der Waals surface area contributed by atoms with Gasteiger partial charge in [-0.25, -0.2) is 9.29 Å². The van der Waals surface area contributed by atoms with Gasteiger partial charge in [-0.15, -0.1) is 0 Å². The van der Waals surface area contributed by atoms with E-state index in [1.165, 1.54) is 17.0 Å². The molecule has 0 amide bonds. The van der Waals surface area contributed by atoms with Crippen molar-refractivity contribution in [3.05, 3.63) is 66.0 Å². The number of Topliss-reactive ketones (excluding diaryl/α,β-unsaturated/α-hetero) is 1. The maximum atomic E-state index is 13.0. The summed E-state index contributed by atoms with van der Waals surface area (Å²) in [6, 6.07) is 14.9. The lowest BCUT2D eigenvalue weighted by Gasteiger charge is -2.30. The number of halogens is 1. The van der Waals surface area contributed by atoms with E-state index in [-0.39, 0.29) is 23.5 Å². The number of rotatable bonds is 6. The summed E-state index contributed by atoms with van der Waals surface area (Å²) < 4.78 is 13.0. The van der Waals surface area contributed by atoms with Crippen molar-refractivity contribution in [3.63, 3.8) is 0 Å². The van der Waals surface area contributed by atoms with E-state index in [1.807, 2.05) is 24.4 Å². The maximum Gasteiger partial charge on any atom is 0.209 e. The molecule has 1 aliphatic rings. The first-order valence-electron chi connectivity index (χ1n) is 9.65. The number of aliphatic imine (C=N–C) groups is 1. The maximum absolute atomic E-state index is 13.0. The Kier molecular flexibility index (Phi) is 6.93. The first-order valence-corrected chi connectivity index (χ1v) is 9.65. The summed E-state index contributed by atoms with van der Waals surface area (Å²) in [6.07, 6.45) is 3.58. The van der Waals surface area contributed by atoms with E-state index in [1.54, 1.807) is 24.3 Å². The number of anilines is 1. The van der Waals surface area contributed by atoms with Gasteiger partial charge in [0.05, 0.1) is 12.2 Å². The Morgan fingerprint density at radius 2 is 1.83 bits per heavy atom. The smallest absolute Gasteiger partial charge is 0.209 e. The van der Waals surface area contributed by atoms with Gasteiger partial charge in [-0.3, -0.25) is 9.79 Å². The molecular weight excluding hydrogens is 369 g/mol. The molecule has 7 heteroatoms. The quantitative estimate of drug-likeness (QED) is 0.268. The van der Waals surface area contributed by atoms with Crippen LogP contribution in [0.25, 0.3) is 0 Å². The number of para-hydroxylation sites is 1. The molecule has 1 aliphatic heterocycles. The molecule has 3 rings (SSSR count). The number of likely N-dealkylation sites (tertiary alicyclic amines) is 1. The van der Waals surface area contributed by atoms with Crippen molar-refractivity contribution in [1.29, 1.82) is 5.26 Å². The number of guanidine groups is 1. The Hall–Kier alpha value is -3.24. The molecule has 0 radical (unpaired) electrons. The predicted octanol–water partition coefficient (Wildman–Crippen LogP) is 3.02. The summed E-state index contributed by atoms with van der Waals surface area (Å²) in [5, 5.41) is 9.34. The van der Waals surface area contributed by atoms with E-state index in [9.17, 15) is 14.4 Å². The van der Waals surface area contributed by atoms with Gasteiger partial charge >= 0.3 is 0 Å². The second kappa shape index (κ2) is 9.80. The van der Waals surface area contributed by atoms with E-state index in [0.29, 0.717) is 24.3 Å². The summed E-state index contributed by atoms with van der Waals surface area (Å²) in [7, 11) is 0. The SMILES string of the molecule is N#CN(C(N)=NCCN1CCC(C(=O)c2ccc(F)cc2)CC1)c1ccccc1. The van der Waals surface area contributed by atoms with Crippen LogP contribution in [-0.4, -0.2) is 42.8 Å². The number of hydrogen-bond acceptors (Lipinski definition) is 4. The molecule has 0 spiro atoms. The third kappa shape index (κ3) is 5.39. The lowest BCUT2D eigenvalue weighted by Crippen LogP contribution is -2.38. The van der Waals surface area contributed by atoms with E-state index in [0.717, 1.165) is 25.9 Å². The minimum atomic E-state index is -0.335. The number of nitrogens with two attached hydrogens (primary N) is 1. The predicted molar refractivity (Wildman–Crippen MR) is 111 cm³/mol. The number of carbonyl (C=O) groups excluding carboxylic acids is 1. The molecule has 2 N–H and O–H groups in total. The molecule has 0 atom stereocenters. The molecule has 0 unspecified atom stereocenters. The largest absolute Gasteiger partial charge is 0.369 e. The molecule has 1 heterocycles. The van der Waals surface area contributed by atoms with Crippen molar-refractivity contribution in [2.24, 2.45) is 16.6 Å². The van der Waals surface area contributed by atoms with Crippen LogP contribution in [-0.2, 0) is 0 Å². The molecule has 1 fully saturated rings. The molecule has 2 aromatic rings. The lowest BCUT2D eigenvalue weighted by atomic mass is 9.89. The Bertz CT molecular complexity index is 884. The van der Waals surface area contributed by atoms with Gasteiger partial charge in [-0.05, 0) is 62.3 Å². The fraction of sp³-hybridized carbons (Fsp3) is 0.318. The van der Waals surface area contributed by atoms with Crippen LogP contribution in [0.3, 0.4) is 0 Å². The van der Waals surface area contributed by atoms with Gasteiger partial charge < -0.3 is 10.6 Å². The van der Waals surface area contributed by atoms with Gasteiger partial charge in [-0.2, -0.15) is 5.26 Å². The molecule has 6 nitrogen and oxygen atoms in total. The van der Waals surface area contributed by atoms with Gasteiger partial charge in [0, 0.05) is 18.0 Å². The molecule has 29 heavy (non-hydrogen) atoms. The summed E-state index contributed by atoms with van der Waals surface area (Å²) in [6.45, 7) is 2.79. The minimum Gasteiger partial charge on any atom is -0.369 e. The van der Waals surface area contributed by atoms with Crippen molar-refractivity contribution in [3.8, 4) is 6.19 Å². The number of ketones is 1. The van der Waals surface area contributed by atoms with Crippen LogP contribution >= 0.6 is 0 Å². The molecule has 1 saturated heterocycles. The van der Waals surface area contributed by atoms with Crippen molar-refractivity contribution in [1.82, 2.24) is 4.90 Å². The van der Waals surface area contributed by atoms with Crippen LogP contribution < -0.4 is 10.6 Å². The number of benzene rings is 2. The molecule has 0 aromatic heterocycles. The van der Waals surface area contributed by atoms with Crippen molar-refractivity contribution in [2.45, 2.75) is 12.8 Å². The van der Waals surface area contributed by atoms with Crippen LogP contribution in [0, 0.1) is 23.2 Å². The summed E-state index contributed by atoms with van der Waals surface area (Å²) in [5.74, 6) is -0.115. The average molecular weight is 393 g/mol. The number of carbonyl (C=O) groups is 1. The highest BCUT2D eigenvalue weighted by atomic mass is 19.1. The summed E-state index contributed by atoms with van der Waals surface area (Å²) >= 11 is 0. The zero-order chi connectivity index (χ0) is 20.6. The van der Waals surface area contributed by atoms with Crippen LogP contribution in [0.5, 0.6) is 0 Å². The van der Waals surface area contributed by atoms with Crippen molar-refractivity contribution in [2.75, 3.05) is 31.1 Å². The molecule has 0 aliphatic carbocycles. The Morgan fingerprint density at radius 1 is 1.17 bits per heavy atom. The Balaban J connectivity index is 1.47. The normalized spacial score (nSPS) is 15.7. The highest BCUT2D eigenvalue weighted by molar-refractivity contribution is 5.98. The van der Waals surface area contributed by atoms with Crippen LogP contribution in [0.4, 0.5) is 10.1 Å². The minimum absolute atomic E-state index is 0.0301. The number of piperidine rings is 1. The van der Waals surface area contributed by atoms with E-state index in [4.69, 9.17) is 5.73 Å². The third-order valence-electron chi connectivity index (χ3n) is 5.12. The van der Waals surface area contributed by atoms with Gasteiger partial charge in [0.15, 0.2) is 12.0 Å². The third-order valence-corrected chi connectivity index (χ3v) is 5.12. The van der Waals surface area contributed by atoms with E-state index >= 15 is 0 Å². The van der Waals surface area contributed by atoms with Crippen LogP contribution in [0.1, 0.15) is 23.2 Å². The topological polar surface area (TPSA) is 85.7 Å². The number of hydrogen-bond donors (Lipinski definition) is 1. The van der Waals surface area contributed by atoms with E-state index < -0.39 is 0 Å². The second-order valence-electron chi connectivity index (χ2n) is 7.00. The number of nitrogens with zero attached hydrogens (tertiary/aromatic N) is 4. The molecule has 0 bridgehead atoms. The molecular formula is C22H24FN5O. The summed E-state index contributed by atoms with van der Waals surface area (Å²) in [4.78, 5) is 20.4. The van der Waals surface area contributed by atoms with E-state index in [2.05, 4.69) is 9.89 Å². The zero-order valence-electron chi connectivity index (χ0n) is 16.2. The monoisotopic (exact) mass is 393 g/mol.